The van der Waals surface area contributed by atoms with Crippen LogP contribution in [0.4, 0.5) is 10.8 Å². The van der Waals surface area contributed by atoms with Gasteiger partial charge in [-0.15, -0.1) is 23.1 Å². The normalized spacial score (nSPS) is 16.2. The van der Waals surface area contributed by atoms with E-state index in [0.29, 0.717) is 21.6 Å². The van der Waals surface area contributed by atoms with Gasteiger partial charge in [-0.05, 0) is 19.8 Å². The predicted octanol–water partition coefficient (Wildman–Crippen LogP) is 5.11. The fraction of sp³-hybridized carbons (Fsp3) is 0.444. The van der Waals surface area contributed by atoms with Gasteiger partial charge in [-0.25, -0.2) is 4.98 Å². The monoisotopic (exact) mass is 391 g/mol. The molecule has 138 valence electrons. The van der Waals surface area contributed by atoms with Crippen LogP contribution in [-0.2, 0) is 4.79 Å². The zero-order valence-corrected chi connectivity index (χ0v) is 16.1. The Labute approximate surface area is 160 Å². The van der Waals surface area contributed by atoms with Gasteiger partial charge in [0, 0.05) is 28.3 Å². The number of carbonyl (C=O) groups is 1. The van der Waals surface area contributed by atoms with Gasteiger partial charge in [0.1, 0.15) is 0 Å². The zero-order valence-electron chi connectivity index (χ0n) is 14.5. The zero-order chi connectivity index (χ0) is 18.5. The number of carbonyl (C=O) groups excluding carboxylic acids is 1. The Bertz CT molecular complexity index is 787. The molecule has 8 heteroatoms. The summed E-state index contributed by atoms with van der Waals surface area (Å²) in [5.41, 5.74) is 1.32. The first-order valence-corrected chi connectivity index (χ1v) is 10.5. The lowest BCUT2D eigenvalue weighted by Crippen LogP contribution is -2.25. The van der Waals surface area contributed by atoms with Gasteiger partial charge >= 0.3 is 0 Å². The average molecular weight is 392 g/mol. The molecule has 2 aromatic rings. The second kappa shape index (κ2) is 8.64. The predicted molar refractivity (Wildman–Crippen MR) is 107 cm³/mol. The van der Waals surface area contributed by atoms with Crippen LogP contribution in [-0.4, -0.2) is 26.3 Å². The third kappa shape index (κ3) is 4.82. The van der Waals surface area contributed by atoms with Crippen LogP contribution in [0.2, 0.25) is 0 Å². The van der Waals surface area contributed by atoms with Crippen molar-refractivity contribution in [3.05, 3.63) is 39.8 Å². The number of nitrogens with one attached hydrogen (secondary N) is 1. The third-order valence-corrected chi connectivity index (χ3v) is 6.64. The Kier molecular flexibility index (Phi) is 6.26. The van der Waals surface area contributed by atoms with E-state index in [9.17, 15) is 14.9 Å². The summed E-state index contributed by atoms with van der Waals surface area (Å²) >= 11 is 3.07. The van der Waals surface area contributed by atoms with Gasteiger partial charge in [0.05, 0.1) is 15.9 Å². The Hall–Kier alpha value is -1.93. The molecule has 1 aliphatic carbocycles. The van der Waals surface area contributed by atoms with Gasteiger partial charge < -0.3 is 5.32 Å². The van der Waals surface area contributed by atoms with E-state index in [2.05, 4.69) is 10.3 Å². The van der Waals surface area contributed by atoms with Gasteiger partial charge in [0.25, 0.3) is 5.69 Å². The number of amides is 1. The molecule has 3 rings (SSSR count). The number of aromatic nitrogens is 1. The summed E-state index contributed by atoms with van der Waals surface area (Å²) in [6.07, 6.45) is 6.19. The van der Waals surface area contributed by atoms with Crippen molar-refractivity contribution in [2.45, 2.75) is 49.5 Å². The Morgan fingerprint density at radius 2 is 2.15 bits per heavy atom. The van der Waals surface area contributed by atoms with Crippen molar-refractivity contribution in [1.82, 2.24) is 4.98 Å². The Morgan fingerprint density at radius 3 is 2.88 bits per heavy atom. The summed E-state index contributed by atoms with van der Waals surface area (Å²) < 4.78 is 0. The first kappa shape index (κ1) is 18.8. The van der Waals surface area contributed by atoms with Crippen molar-refractivity contribution < 1.29 is 9.72 Å². The van der Waals surface area contributed by atoms with E-state index >= 15 is 0 Å². The summed E-state index contributed by atoms with van der Waals surface area (Å²) in [6.45, 7) is 1.93. The largest absolute Gasteiger partial charge is 0.301 e. The minimum atomic E-state index is -0.428. The maximum Gasteiger partial charge on any atom is 0.270 e. The summed E-state index contributed by atoms with van der Waals surface area (Å²) in [5, 5.41) is 16.5. The lowest BCUT2D eigenvalue weighted by molar-refractivity contribution is -0.384. The van der Waals surface area contributed by atoms with E-state index in [1.165, 1.54) is 55.6 Å². The van der Waals surface area contributed by atoms with Crippen molar-refractivity contribution in [2.24, 2.45) is 0 Å². The lowest BCUT2D eigenvalue weighted by atomic mass is 10.0. The lowest BCUT2D eigenvalue weighted by Gasteiger charge is -2.23. The van der Waals surface area contributed by atoms with Crippen LogP contribution in [0.3, 0.4) is 0 Å². The van der Waals surface area contributed by atoms with Crippen molar-refractivity contribution in [3.8, 4) is 11.3 Å². The Balaban J connectivity index is 1.61. The standard InChI is InChI=1S/C18H21N3O3S2/c1-12(26-15-8-3-2-4-9-15)17(22)20-18-19-16(11-25-18)13-6-5-7-14(10-13)21(23)24/h5-7,10-12,15H,2-4,8-9H2,1H3,(H,19,20,22). The van der Waals surface area contributed by atoms with Crippen LogP contribution in [0.15, 0.2) is 29.6 Å². The van der Waals surface area contributed by atoms with Gasteiger partial charge in [-0.3, -0.25) is 14.9 Å². The second-order valence-corrected chi connectivity index (χ2v) is 8.88. The maximum absolute atomic E-state index is 12.4. The van der Waals surface area contributed by atoms with Crippen LogP contribution < -0.4 is 5.32 Å². The number of thiazole rings is 1. The smallest absolute Gasteiger partial charge is 0.270 e. The van der Waals surface area contributed by atoms with Crippen LogP contribution in [0.1, 0.15) is 39.0 Å². The topological polar surface area (TPSA) is 85.1 Å². The molecule has 1 saturated carbocycles. The average Bonchev–Trinajstić information content (AvgIpc) is 3.11. The molecule has 1 amide bonds. The van der Waals surface area contributed by atoms with Crippen LogP contribution >= 0.6 is 23.1 Å². The molecule has 1 aromatic heterocycles. The van der Waals surface area contributed by atoms with Crippen molar-refractivity contribution in [2.75, 3.05) is 5.32 Å². The van der Waals surface area contributed by atoms with E-state index in [4.69, 9.17) is 0 Å². The molecule has 0 saturated heterocycles. The number of hydrogen-bond donors (Lipinski definition) is 1. The van der Waals surface area contributed by atoms with Crippen LogP contribution in [0, 0.1) is 10.1 Å². The quantitative estimate of drug-likeness (QED) is 0.546. The third-order valence-electron chi connectivity index (χ3n) is 4.41. The van der Waals surface area contributed by atoms with Gasteiger partial charge in [0.15, 0.2) is 5.13 Å². The van der Waals surface area contributed by atoms with Crippen LogP contribution in [0.25, 0.3) is 11.3 Å². The molecule has 1 atom stereocenters. The number of anilines is 1. The van der Waals surface area contributed by atoms with E-state index in [1.807, 2.05) is 6.92 Å². The number of benzene rings is 1. The number of thioether (sulfide) groups is 1. The molecule has 0 radical (unpaired) electrons. The summed E-state index contributed by atoms with van der Waals surface area (Å²) in [4.78, 5) is 27.3. The molecule has 1 N–H and O–H groups in total. The highest BCUT2D eigenvalue weighted by Gasteiger charge is 2.22. The minimum absolute atomic E-state index is 0.0265. The number of nitro groups is 1. The molecule has 1 aliphatic rings. The van der Waals surface area contributed by atoms with E-state index in [-0.39, 0.29) is 16.8 Å². The summed E-state index contributed by atoms with van der Waals surface area (Å²) in [5.74, 6) is -0.0412. The van der Waals surface area contributed by atoms with Gasteiger partial charge in [-0.2, -0.15) is 0 Å². The summed E-state index contributed by atoms with van der Waals surface area (Å²) in [7, 11) is 0. The fourth-order valence-electron chi connectivity index (χ4n) is 3.00. The molecule has 0 aliphatic heterocycles. The Morgan fingerprint density at radius 1 is 1.38 bits per heavy atom. The van der Waals surface area contributed by atoms with E-state index in [1.54, 1.807) is 29.3 Å². The van der Waals surface area contributed by atoms with E-state index in [0.717, 1.165) is 0 Å². The molecular formula is C18H21N3O3S2. The molecule has 6 nitrogen and oxygen atoms in total. The molecule has 0 bridgehead atoms. The highest BCUT2D eigenvalue weighted by Crippen LogP contribution is 2.32. The van der Waals surface area contributed by atoms with Crippen molar-refractivity contribution in [1.29, 1.82) is 0 Å². The highest BCUT2D eigenvalue weighted by atomic mass is 32.2. The summed E-state index contributed by atoms with van der Waals surface area (Å²) in [6, 6.07) is 6.34. The van der Waals surface area contributed by atoms with Gasteiger partial charge in [-0.1, -0.05) is 31.4 Å². The number of non-ortho nitro benzene ring substituents is 1. The number of nitrogens with zero attached hydrogens (tertiary/aromatic N) is 2. The van der Waals surface area contributed by atoms with Gasteiger partial charge in [0.2, 0.25) is 5.91 Å². The number of rotatable bonds is 6. The SMILES string of the molecule is CC(SC1CCCCC1)C(=O)Nc1nc(-c2cccc([N+](=O)[O-])c2)cs1. The molecule has 1 fully saturated rings. The molecule has 1 unspecified atom stereocenters. The molecular weight excluding hydrogens is 370 g/mol. The van der Waals surface area contributed by atoms with Crippen LogP contribution in [0.5, 0.6) is 0 Å². The van der Waals surface area contributed by atoms with Crippen molar-refractivity contribution >= 4 is 39.8 Å². The second-order valence-electron chi connectivity index (χ2n) is 6.37. The van der Waals surface area contributed by atoms with Crippen molar-refractivity contribution in [3.63, 3.8) is 0 Å². The molecule has 1 heterocycles. The molecule has 26 heavy (non-hydrogen) atoms. The fourth-order valence-corrected chi connectivity index (χ4v) is 5.09. The highest BCUT2D eigenvalue weighted by molar-refractivity contribution is 8.01. The molecule has 1 aromatic carbocycles. The maximum atomic E-state index is 12.4. The molecule has 0 spiro atoms. The first-order valence-electron chi connectivity index (χ1n) is 8.69. The minimum Gasteiger partial charge on any atom is -0.301 e. The number of hydrogen-bond acceptors (Lipinski definition) is 6. The number of nitro benzene ring substituents is 1. The van der Waals surface area contributed by atoms with E-state index < -0.39 is 4.92 Å². The first-order chi connectivity index (χ1) is 12.5.